The summed E-state index contributed by atoms with van der Waals surface area (Å²) >= 11 is 0. The molecule has 0 unspecified atom stereocenters. The molecule has 1 aliphatic heterocycles. The fourth-order valence-electron chi connectivity index (χ4n) is 4.70. The lowest BCUT2D eigenvalue weighted by Crippen LogP contribution is -2.38. The molecule has 5 rings (SSSR count). The number of nitrogens with one attached hydrogen (secondary N) is 1. The average molecular weight is 489 g/mol. The van der Waals surface area contributed by atoms with E-state index in [1.54, 1.807) is 4.68 Å². The minimum absolute atomic E-state index is 0.0439. The first-order valence-electron chi connectivity index (χ1n) is 11.7. The molecule has 2 aromatic heterocycles. The van der Waals surface area contributed by atoms with Crippen LogP contribution in [0.25, 0.3) is 11.0 Å². The van der Waals surface area contributed by atoms with Gasteiger partial charge in [-0.15, -0.1) is 0 Å². The first-order chi connectivity index (χ1) is 16.1. The van der Waals surface area contributed by atoms with E-state index >= 15 is 0 Å². The lowest BCUT2D eigenvalue weighted by molar-refractivity contribution is -0.185. The molecule has 2 aliphatic carbocycles. The summed E-state index contributed by atoms with van der Waals surface area (Å²) in [4.78, 5) is 31.1. The van der Waals surface area contributed by atoms with Crippen molar-refractivity contribution >= 4 is 17.4 Å². The number of carbonyl (C=O) groups excluding carboxylic acids is 1. The predicted octanol–water partition coefficient (Wildman–Crippen LogP) is 4.55. The normalized spacial score (nSPS) is 22.2. The van der Waals surface area contributed by atoms with Gasteiger partial charge in [-0.2, -0.15) is 18.3 Å². The Balaban J connectivity index is 0.000000195. The second-order valence-corrected chi connectivity index (χ2v) is 9.45. The van der Waals surface area contributed by atoms with Crippen LogP contribution in [0.1, 0.15) is 75.6 Å². The smallest absolute Gasteiger partial charge is 0.345 e. The molecule has 2 aromatic rings. The molecule has 188 valence electrons. The van der Waals surface area contributed by atoms with Crippen molar-refractivity contribution in [1.29, 1.82) is 0 Å². The minimum Gasteiger partial charge on any atom is -0.345 e. The van der Waals surface area contributed by atoms with Crippen LogP contribution in [0.3, 0.4) is 0 Å². The molecule has 3 aliphatic rings. The van der Waals surface area contributed by atoms with Crippen LogP contribution in [0, 0.1) is 5.92 Å². The number of piperidine rings is 1. The predicted molar refractivity (Wildman–Crippen MR) is 114 cm³/mol. The van der Waals surface area contributed by atoms with E-state index in [2.05, 4.69) is 15.1 Å². The molecule has 0 radical (unpaired) electrons. The molecule has 0 atom stereocenters. The Morgan fingerprint density at radius 3 is 2.24 bits per heavy atom. The van der Waals surface area contributed by atoms with Crippen molar-refractivity contribution < 1.29 is 26.7 Å². The number of H-pyrrole nitrogens is 1. The summed E-state index contributed by atoms with van der Waals surface area (Å²) in [6.45, 7) is 0.460. The van der Waals surface area contributed by atoms with Crippen LogP contribution in [-0.2, 0) is 4.79 Å². The third-order valence-corrected chi connectivity index (χ3v) is 7.15. The number of nitrogens with zero attached hydrogens (tertiary/aromatic N) is 4. The molecule has 0 aromatic carbocycles. The summed E-state index contributed by atoms with van der Waals surface area (Å²) in [7, 11) is 0. The standard InChI is InChI=1S/C15H18F2N4O.C7H10F3NO/c16-15(17)6-4-10(5-7-15)21-13-11(8-18-21)14(22)20-12(19-13)9-2-1-3-9;8-7(9,10)6-1-3-11(5-12)4-2-6/h8-10H,1-7H2,(H,19,20,22);5-6H,1-4H2. The third kappa shape index (κ3) is 5.41. The summed E-state index contributed by atoms with van der Waals surface area (Å²) in [6, 6.07) is -0.0966. The summed E-state index contributed by atoms with van der Waals surface area (Å²) in [5, 5.41) is 4.71. The van der Waals surface area contributed by atoms with Crippen molar-refractivity contribution in [1.82, 2.24) is 24.6 Å². The lowest BCUT2D eigenvalue weighted by atomic mass is 9.85. The first kappa shape index (κ1) is 24.6. The van der Waals surface area contributed by atoms with Crippen LogP contribution in [0.5, 0.6) is 0 Å². The summed E-state index contributed by atoms with van der Waals surface area (Å²) in [5.74, 6) is -2.75. The van der Waals surface area contributed by atoms with Crippen LogP contribution in [0.4, 0.5) is 22.0 Å². The zero-order valence-corrected chi connectivity index (χ0v) is 18.7. The summed E-state index contributed by atoms with van der Waals surface area (Å²) < 4.78 is 64.5. The second-order valence-electron chi connectivity index (χ2n) is 9.45. The molecule has 7 nitrogen and oxygen atoms in total. The molecule has 12 heteroatoms. The lowest BCUT2D eigenvalue weighted by Gasteiger charge is -2.30. The Labute approximate surface area is 192 Å². The van der Waals surface area contributed by atoms with E-state index in [9.17, 15) is 31.5 Å². The zero-order valence-electron chi connectivity index (χ0n) is 18.7. The van der Waals surface area contributed by atoms with E-state index in [0.717, 1.165) is 19.3 Å². The van der Waals surface area contributed by atoms with Gasteiger partial charge in [-0.25, -0.2) is 18.4 Å². The van der Waals surface area contributed by atoms with E-state index in [-0.39, 0.29) is 50.4 Å². The number of hydrogen-bond donors (Lipinski definition) is 1. The number of rotatable bonds is 3. The quantitative estimate of drug-likeness (QED) is 0.506. The molecule has 34 heavy (non-hydrogen) atoms. The highest BCUT2D eigenvalue weighted by Crippen LogP contribution is 2.39. The second kappa shape index (κ2) is 9.61. The van der Waals surface area contributed by atoms with Crippen molar-refractivity contribution in [2.24, 2.45) is 5.92 Å². The molecule has 2 saturated carbocycles. The van der Waals surface area contributed by atoms with Crippen molar-refractivity contribution in [3.05, 3.63) is 22.4 Å². The summed E-state index contributed by atoms with van der Waals surface area (Å²) in [5.41, 5.74) is 0.361. The first-order valence-corrected chi connectivity index (χ1v) is 11.7. The van der Waals surface area contributed by atoms with Gasteiger partial charge in [-0.1, -0.05) is 6.42 Å². The fraction of sp³-hybridized carbons (Fsp3) is 0.727. The Morgan fingerprint density at radius 2 is 1.71 bits per heavy atom. The highest BCUT2D eigenvalue weighted by Gasteiger charge is 2.41. The van der Waals surface area contributed by atoms with Crippen LogP contribution >= 0.6 is 0 Å². The Bertz CT molecular complexity index is 1040. The van der Waals surface area contributed by atoms with Crippen LogP contribution in [0.15, 0.2) is 11.0 Å². The number of alkyl halides is 5. The van der Waals surface area contributed by atoms with Gasteiger partial charge in [-0.05, 0) is 38.5 Å². The molecular weight excluding hydrogens is 461 g/mol. The summed E-state index contributed by atoms with van der Waals surface area (Å²) in [6.07, 6.45) is 1.83. The number of fused-ring (bicyclic) bond motifs is 1. The Kier molecular flexibility index (Phi) is 6.95. The van der Waals surface area contributed by atoms with Gasteiger partial charge in [-0.3, -0.25) is 9.59 Å². The molecule has 1 N–H and O–H groups in total. The molecule has 3 fully saturated rings. The highest BCUT2D eigenvalue weighted by atomic mass is 19.4. The molecule has 0 spiro atoms. The number of aromatic nitrogens is 4. The van der Waals surface area contributed by atoms with Crippen LogP contribution < -0.4 is 5.56 Å². The maximum absolute atomic E-state index is 13.3. The maximum Gasteiger partial charge on any atom is 0.391 e. The number of amides is 1. The molecule has 1 amide bonds. The van der Waals surface area contributed by atoms with E-state index < -0.39 is 18.0 Å². The topological polar surface area (TPSA) is 83.9 Å². The fourth-order valence-corrected chi connectivity index (χ4v) is 4.70. The monoisotopic (exact) mass is 489 g/mol. The minimum atomic E-state index is -4.09. The van der Waals surface area contributed by atoms with Gasteiger partial charge in [0.2, 0.25) is 12.3 Å². The molecule has 1 saturated heterocycles. The van der Waals surface area contributed by atoms with E-state index in [1.807, 2.05) is 0 Å². The van der Waals surface area contributed by atoms with Crippen molar-refractivity contribution in [2.75, 3.05) is 13.1 Å². The van der Waals surface area contributed by atoms with Gasteiger partial charge in [0.05, 0.1) is 18.2 Å². The maximum atomic E-state index is 13.3. The Hall–Kier alpha value is -2.53. The Morgan fingerprint density at radius 1 is 1.06 bits per heavy atom. The van der Waals surface area contributed by atoms with Crippen molar-refractivity contribution in [3.8, 4) is 0 Å². The van der Waals surface area contributed by atoms with Gasteiger partial charge in [0.25, 0.3) is 5.56 Å². The number of halogens is 5. The SMILES string of the molecule is O=CN1CCC(C(F)(F)F)CC1.O=c1[nH]c(C2CCC2)nc2c1cnn2C1CCC(F)(F)CC1. The van der Waals surface area contributed by atoms with E-state index in [4.69, 9.17) is 0 Å². The van der Waals surface area contributed by atoms with Crippen molar-refractivity contribution in [3.63, 3.8) is 0 Å². The molecule has 0 bridgehead atoms. The number of carbonyl (C=O) groups is 1. The van der Waals surface area contributed by atoms with E-state index in [1.165, 1.54) is 11.1 Å². The van der Waals surface area contributed by atoms with Crippen LogP contribution in [-0.4, -0.2) is 56.2 Å². The molecular formula is C22H28F5N5O2. The van der Waals surface area contributed by atoms with Gasteiger partial charge in [0.15, 0.2) is 5.65 Å². The third-order valence-electron chi connectivity index (χ3n) is 7.15. The van der Waals surface area contributed by atoms with Crippen LogP contribution in [0.2, 0.25) is 0 Å². The number of likely N-dealkylation sites (tertiary alicyclic amines) is 1. The van der Waals surface area contributed by atoms with Gasteiger partial charge >= 0.3 is 6.18 Å². The number of aromatic amines is 1. The zero-order chi connectivity index (χ0) is 24.5. The van der Waals surface area contributed by atoms with Gasteiger partial charge in [0, 0.05) is 31.8 Å². The van der Waals surface area contributed by atoms with Gasteiger partial charge in [0.1, 0.15) is 11.2 Å². The number of hydrogen-bond acceptors (Lipinski definition) is 4. The van der Waals surface area contributed by atoms with Gasteiger partial charge < -0.3 is 9.88 Å². The van der Waals surface area contributed by atoms with Crippen molar-refractivity contribution in [2.45, 2.75) is 81.8 Å². The largest absolute Gasteiger partial charge is 0.391 e. The average Bonchev–Trinajstić information content (AvgIpc) is 3.17. The molecule has 3 heterocycles. The highest BCUT2D eigenvalue weighted by molar-refractivity contribution is 5.73. The van der Waals surface area contributed by atoms with E-state index in [0.29, 0.717) is 42.0 Å².